The Morgan fingerprint density at radius 1 is 1.03 bits per heavy atom. The molecule has 0 fully saturated rings. The summed E-state index contributed by atoms with van der Waals surface area (Å²) in [5.74, 6) is -0.297. The van der Waals surface area contributed by atoms with Crippen LogP contribution in [0.25, 0.3) is 10.1 Å². The molecule has 0 radical (unpaired) electrons. The molecule has 4 rings (SSSR count). The summed E-state index contributed by atoms with van der Waals surface area (Å²) in [5.41, 5.74) is 3.09. The van der Waals surface area contributed by atoms with E-state index in [4.69, 9.17) is 44.3 Å². The van der Waals surface area contributed by atoms with E-state index < -0.39 is 18.0 Å². The van der Waals surface area contributed by atoms with Crippen LogP contribution in [0.3, 0.4) is 0 Å². The Bertz CT molecular complexity index is 1420. The first-order chi connectivity index (χ1) is 16.8. The topological polar surface area (TPSA) is 77.0 Å². The fourth-order valence-corrected chi connectivity index (χ4v) is 4.83. The van der Waals surface area contributed by atoms with Crippen LogP contribution in [-0.4, -0.2) is 24.2 Å². The summed E-state index contributed by atoms with van der Waals surface area (Å²) in [6, 6.07) is 18.9. The quantitative estimate of drug-likeness (QED) is 0.117. The highest BCUT2D eigenvalue weighted by Crippen LogP contribution is 2.35. The van der Waals surface area contributed by atoms with Crippen molar-refractivity contribution in [2.24, 2.45) is 5.10 Å². The van der Waals surface area contributed by atoms with Crippen molar-refractivity contribution in [3.05, 3.63) is 92.2 Å². The van der Waals surface area contributed by atoms with Crippen LogP contribution in [0.1, 0.15) is 22.2 Å². The average Bonchev–Trinajstić information content (AvgIpc) is 3.18. The van der Waals surface area contributed by atoms with Crippen LogP contribution in [0.2, 0.25) is 15.1 Å². The molecule has 4 aromatic rings. The van der Waals surface area contributed by atoms with Gasteiger partial charge in [0.05, 0.1) is 16.3 Å². The van der Waals surface area contributed by atoms with Crippen LogP contribution in [0.5, 0.6) is 11.5 Å². The summed E-state index contributed by atoms with van der Waals surface area (Å²) in [7, 11) is 0. The van der Waals surface area contributed by atoms with Gasteiger partial charge >= 0.3 is 5.97 Å². The third-order valence-corrected chi connectivity index (χ3v) is 6.95. The number of fused-ring (bicyclic) bond motifs is 1. The van der Waals surface area contributed by atoms with Gasteiger partial charge in [0.2, 0.25) is 0 Å². The molecule has 1 atom stereocenters. The summed E-state index contributed by atoms with van der Waals surface area (Å²) in [6.07, 6.45) is 0.613. The molecule has 0 aliphatic carbocycles. The number of hydrogen-bond donors (Lipinski definition) is 1. The molecule has 0 saturated carbocycles. The molecule has 10 heteroatoms. The Hall–Kier alpha value is -3.10. The van der Waals surface area contributed by atoms with Crippen molar-refractivity contribution in [1.82, 2.24) is 5.43 Å². The fraction of sp³-hybridized carbons (Fsp3) is 0.0800. The van der Waals surface area contributed by atoms with Crippen molar-refractivity contribution in [3.8, 4) is 11.5 Å². The Kier molecular flexibility index (Phi) is 7.93. The molecule has 1 heterocycles. The molecule has 0 spiro atoms. The number of hydrazone groups is 1. The van der Waals surface area contributed by atoms with Crippen molar-refractivity contribution < 1.29 is 19.1 Å². The van der Waals surface area contributed by atoms with E-state index in [0.717, 1.165) is 10.1 Å². The van der Waals surface area contributed by atoms with Gasteiger partial charge in [-0.05, 0) is 61.0 Å². The average molecular weight is 548 g/mol. The summed E-state index contributed by atoms with van der Waals surface area (Å²) in [6.45, 7) is 1.57. The van der Waals surface area contributed by atoms with Crippen LogP contribution in [-0.2, 0) is 4.79 Å². The van der Waals surface area contributed by atoms with Crippen LogP contribution in [0.15, 0.2) is 71.8 Å². The van der Waals surface area contributed by atoms with Crippen LogP contribution in [0, 0.1) is 0 Å². The zero-order valence-corrected chi connectivity index (χ0v) is 21.2. The van der Waals surface area contributed by atoms with E-state index in [1.54, 1.807) is 43.3 Å². The smallest absolute Gasteiger partial charge is 0.355 e. The molecule has 0 aliphatic heterocycles. The van der Waals surface area contributed by atoms with Crippen molar-refractivity contribution in [3.63, 3.8) is 0 Å². The normalized spacial score (nSPS) is 12.0. The molecule has 35 heavy (non-hydrogen) atoms. The number of carbonyl (C=O) groups is 2. The molecule has 0 bridgehead atoms. The first-order valence-electron chi connectivity index (χ1n) is 10.3. The van der Waals surface area contributed by atoms with Gasteiger partial charge in [-0.2, -0.15) is 5.10 Å². The Morgan fingerprint density at radius 3 is 2.49 bits per heavy atom. The lowest BCUT2D eigenvalue weighted by Crippen LogP contribution is -2.33. The number of nitrogens with one attached hydrogen (secondary N) is 1. The highest BCUT2D eigenvalue weighted by molar-refractivity contribution is 7.21. The number of amides is 1. The monoisotopic (exact) mass is 546 g/mol. The maximum atomic E-state index is 12.6. The van der Waals surface area contributed by atoms with Gasteiger partial charge in [0, 0.05) is 15.1 Å². The molecule has 0 aliphatic rings. The summed E-state index contributed by atoms with van der Waals surface area (Å²) >= 11 is 19.5. The minimum Gasteiger partial charge on any atom is -0.479 e. The first-order valence-corrected chi connectivity index (χ1v) is 12.2. The van der Waals surface area contributed by atoms with Gasteiger partial charge in [-0.15, -0.1) is 11.3 Å². The third kappa shape index (κ3) is 6.13. The van der Waals surface area contributed by atoms with Crippen molar-refractivity contribution >= 4 is 74.3 Å². The summed E-state index contributed by atoms with van der Waals surface area (Å²) in [5, 5.41) is 5.90. The molecule has 3 aromatic carbocycles. The minimum atomic E-state index is -0.840. The van der Waals surface area contributed by atoms with Crippen LogP contribution in [0.4, 0.5) is 0 Å². The van der Waals surface area contributed by atoms with Crippen molar-refractivity contribution in [1.29, 1.82) is 0 Å². The molecular weight excluding hydrogens is 531 g/mol. The highest BCUT2D eigenvalue weighted by Gasteiger charge is 2.19. The Morgan fingerprint density at radius 2 is 1.77 bits per heavy atom. The van der Waals surface area contributed by atoms with E-state index in [0.29, 0.717) is 37.0 Å². The predicted octanol–water partition coefficient (Wildman–Crippen LogP) is 7.00. The van der Waals surface area contributed by atoms with Crippen LogP contribution < -0.4 is 14.9 Å². The van der Waals surface area contributed by atoms with E-state index in [1.807, 2.05) is 24.3 Å². The molecule has 0 saturated heterocycles. The molecule has 6 nitrogen and oxygen atoms in total. The largest absolute Gasteiger partial charge is 0.479 e. The third-order valence-electron chi connectivity index (χ3n) is 4.77. The fourth-order valence-electron chi connectivity index (χ4n) is 3.00. The van der Waals surface area contributed by atoms with E-state index >= 15 is 0 Å². The minimum absolute atomic E-state index is 0.302. The van der Waals surface area contributed by atoms with E-state index in [1.165, 1.54) is 23.6 Å². The van der Waals surface area contributed by atoms with Gasteiger partial charge in [0.25, 0.3) is 5.91 Å². The lowest BCUT2D eigenvalue weighted by atomic mass is 10.2. The molecular formula is C25H17Cl3N2O4S. The molecule has 1 amide bonds. The molecule has 1 aromatic heterocycles. The number of hydrogen-bond acceptors (Lipinski definition) is 6. The lowest BCUT2D eigenvalue weighted by molar-refractivity contribution is -0.127. The van der Waals surface area contributed by atoms with E-state index in [9.17, 15) is 9.59 Å². The van der Waals surface area contributed by atoms with E-state index in [-0.39, 0.29) is 0 Å². The van der Waals surface area contributed by atoms with Gasteiger partial charge in [-0.3, -0.25) is 4.79 Å². The first kappa shape index (κ1) is 25.0. The maximum Gasteiger partial charge on any atom is 0.355 e. The van der Waals surface area contributed by atoms with Crippen molar-refractivity contribution in [2.45, 2.75) is 13.0 Å². The number of carbonyl (C=O) groups excluding carboxylic acids is 2. The predicted molar refractivity (Wildman–Crippen MR) is 141 cm³/mol. The van der Waals surface area contributed by atoms with E-state index in [2.05, 4.69) is 10.5 Å². The number of nitrogens with zero attached hydrogens (tertiary/aromatic N) is 1. The number of halogens is 3. The van der Waals surface area contributed by atoms with Gasteiger partial charge in [-0.25, -0.2) is 10.2 Å². The van der Waals surface area contributed by atoms with Crippen LogP contribution >= 0.6 is 46.1 Å². The molecule has 1 N–H and O–H groups in total. The summed E-state index contributed by atoms with van der Waals surface area (Å²) < 4.78 is 11.9. The second-order valence-corrected chi connectivity index (χ2v) is 9.54. The molecule has 1 unspecified atom stereocenters. The zero-order chi connectivity index (χ0) is 24.9. The number of esters is 1. The van der Waals surface area contributed by atoms with Gasteiger partial charge in [-0.1, -0.05) is 53.0 Å². The maximum absolute atomic E-state index is 12.6. The lowest BCUT2D eigenvalue weighted by Gasteiger charge is -2.14. The second-order valence-electron chi connectivity index (χ2n) is 7.27. The SMILES string of the molecule is CC(Oc1ccc(Cl)cc1Cl)C(=O)N/N=C/c1ccc(OC(=O)c2sc3ccccc3c2Cl)cc1. The molecule has 178 valence electrons. The highest BCUT2D eigenvalue weighted by atomic mass is 35.5. The number of benzene rings is 3. The Labute approximate surface area is 220 Å². The number of ether oxygens (including phenoxy) is 2. The van der Waals surface area contributed by atoms with Gasteiger partial charge in [0.15, 0.2) is 6.10 Å². The number of thiophene rings is 1. The summed E-state index contributed by atoms with van der Waals surface area (Å²) in [4.78, 5) is 25.1. The zero-order valence-electron chi connectivity index (χ0n) is 18.1. The number of rotatable bonds is 7. The standard InChI is InChI=1S/C25H17Cl3N2O4S/c1-14(33-20-11-8-16(26)12-19(20)27)24(31)30-29-13-15-6-9-17(10-7-15)34-25(32)23-22(28)18-4-2-3-5-21(18)35-23/h2-14H,1H3,(H,30,31)/b29-13+. The van der Waals surface area contributed by atoms with Gasteiger partial charge < -0.3 is 9.47 Å². The second kappa shape index (κ2) is 11.1. The van der Waals surface area contributed by atoms with Crippen molar-refractivity contribution in [2.75, 3.05) is 0 Å². The Balaban J connectivity index is 1.32. The van der Waals surface area contributed by atoms with Gasteiger partial charge in [0.1, 0.15) is 16.4 Å².